The molecular formula is C25H31N5OS. The van der Waals surface area contributed by atoms with E-state index >= 15 is 0 Å². The average molecular weight is 450 g/mol. The Balaban J connectivity index is 1.16. The van der Waals surface area contributed by atoms with E-state index in [2.05, 4.69) is 99.8 Å². The first kappa shape index (κ1) is 21.2. The molecule has 5 rings (SSSR count). The monoisotopic (exact) mass is 449 g/mol. The number of unbranched alkanes of at least 4 members (excludes halogenated alkanes) is 1. The van der Waals surface area contributed by atoms with Gasteiger partial charge in [-0.3, -0.25) is 5.43 Å². The highest BCUT2D eigenvalue weighted by molar-refractivity contribution is 8.13. The van der Waals surface area contributed by atoms with Crippen LogP contribution in [-0.2, 0) is 6.42 Å². The van der Waals surface area contributed by atoms with Crippen molar-refractivity contribution in [2.45, 2.75) is 50.9 Å². The fourth-order valence-electron chi connectivity index (χ4n) is 4.40. The predicted octanol–water partition coefficient (Wildman–Crippen LogP) is 4.45. The van der Waals surface area contributed by atoms with Gasteiger partial charge in [-0.1, -0.05) is 67.6 Å². The van der Waals surface area contributed by atoms with Crippen molar-refractivity contribution in [3.63, 3.8) is 0 Å². The van der Waals surface area contributed by atoms with Crippen molar-refractivity contribution in [3.05, 3.63) is 78.1 Å². The quantitative estimate of drug-likeness (QED) is 0.581. The molecule has 0 radical (unpaired) electrons. The number of benzene rings is 2. The van der Waals surface area contributed by atoms with Gasteiger partial charge in [0.05, 0.1) is 18.7 Å². The van der Waals surface area contributed by atoms with Crippen LogP contribution in [0.15, 0.2) is 72.1 Å². The van der Waals surface area contributed by atoms with E-state index in [1.165, 1.54) is 11.1 Å². The van der Waals surface area contributed by atoms with Crippen molar-refractivity contribution in [2.75, 3.05) is 12.4 Å². The van der Waals surface area contributed by atoms with Crippen LogP contribution in [0.2, 0.25) is 0 Å². The summed E-state index contributed by atoms with van der Waals surface area (Å²) < 4.78 is 5.81. The predicted molar refractivity (Wildman–Crippen MR) is 131 cm³/mol. The molecule has 7 heteroatoms. The summed E-state index contributed by atoms with van der Waals surface area (Å²) in [5, 5.41) is 7.94. The van der Waals surface area contributed by atoms with E-state index in [1.807, 2.05) is 11.8 Å². The molecule has 0 bridgehead atoms. The molecule has 1 saturated heterocycles. The first-order chi connectivity index (χ1) is 15.8. The summed E-state index contributed by atoms with van der Waals surface area (Å²) in [6.07, 6.45) is 8.75. The van der Waals surface area contributed by atoms with Crippen LogP contribution in [0.4, 0.5) is 0 Å². The van der Waals surface area contributed by atoms with Crippen molar-refractivity contribution < 1.29 is 4.74 Å². The highest BCUT2D eigenvalue weighted by atomic mass is 32.2. The highest BCUT2D eigenvalue weighted by Gasteiger charge is 2.44. The number of hydrogen-bond acceptors (Lipinski definition) is 7. The minimum absolute atomic E-state index is 0.161. The Morgan fingerprint density at radius 1 is 1.09 bits per heavy atom. The van der Waals surface area contributed by atoms with E-state index in [0.717, 1.165) is 49.0 Å². The van der Waals surface area contributed by atoms with Gasteiger partial charge in [-0.25, -0.2) is 5.43 Å². The second kappa shape index (κ2) is 9.88. The van der Waals surface area contributed by atoms with Gasteiger partial charge in [0, 0.05) is 18.2 Å². The van der Waals surface area contributed by atoms with Gasteiger partial charge in [0.15, 0.2) is 5.17 Å². The smallest absolute Gasteiger partial charge is 0.188 e. The Hall–Kier alpha value is -2.64. The van der Waals surface area contributed by atoms with Crippen LogP contribution in [0.25, 0.3) is 0 Å². The molecule has 168 valence electrons. The van der Waals surface area contributed by atoms with E-state index in [0.29, 0.717) is 6.04 Å². The molecule has 6 nitrogen and oxygen atoms in total. The number of rotatable bonds is 8. The van der Waals surface area contributed by atoms with Crippen LogP contribution in [0, 0.1) is 0 Å². The molecule has 3 aliphatic heterocycles. The van der Waals surface area contributed by atoms with Gasteiger partial charge in [0.1, 0.15) is 11.9 Å². The fraction of sp³-hybridized carbons (Fsp3) is 0.400. The van der Waals surface area contributed by atoms with Gasteiger partial charge >= 0.3 is 0 Å². The number of hydrogen-bond donors (Lipinski definition) is 2. The number of nitrogens with zero attached hydrogens (tertiary/aromatic N) is 3. The molecule has 0 amide bonds. The van der Waals surface area contributed by atoms with Gasteiger partial charge in [0.2, 0.25) is 0 Å². The summed E-state index contributed by atoms with van der Waals surface area (Å²) in [4.78, 5) is 2.28. The molecule has 0 aromatic heterocycles. The lowest BCUT2D eigenvalue weighted by molar-refractivity contribution is 0.152. The summed E-state index contributed by atoms with van der Waals surface area (Å²) in [5.41, 5.74) is 9.69. The molecule has 0 spiro atoms. The van der Waals surface area contributed by atoms with Gasteiger partial charge < -0.3 is 14.6 Å². The van der Waals surface area contributed by atoms with E-state index < -0.39 is 0 Å². The third kappa shape index (κ3) is 4.59. The number of hydrazone groups is 1. The fourth-order valence-corrected chi connectivity index (χ4v) is 5.36. The Morgan fingerprint density at radius 2 is 1.94 bits per heavy atom. The maximum Gasteiger partial charge on any atom is 0.188 e. The SMILES string of the molecule is CCCCOc1ccc(C2CC3C4NN=C(SCCc5ccccc5)N4C=CN3N2)cc1. The molecule has 2 aromatic rings. The van der Waals surface area contributed by atoms with E-state index in [4.69, 9.17) is 4.74 Å². The molecule has 3 aliphatic rings. The second-order valence-electron chi connectivity index (χ2n) is 8.42. The lowest BCUT2D eigenvalue weighted by Gasteiger charge is -2.36. The Kier molecular flexibility index (Phi) is 6.55. The van der Waals surface area contributed by atoms with E-state index in [-0.39, 0.29) is 12.2 Å². The zero-order valence-corrected chi connectivity index (χ0v) is 19.3. The molecule has 3 heterocycles. The summed E-state index contributed by atoms with van der Waals surface area (Å²) in [6.45, 7) is 2.96. The van der Waals surface area contributed by atoms with Gasteiger partial charge in [0.25, 0.3) is 0 Å². The number of amidine groups is 1. The van der Waals surface area contributed by atoms with Crippen molar-refractivity contribution >= 4 is 16.9 Å². The normalized spacial score (nSPS) is 23.5. The molecule has 2 N–H and O–H groups in total. The molecule has 32 heavy (non-hydrogen) atoms. The largest absolute Gasteiger partial charge is 0.494 e. The van der Waals surface area contributed by atoms with Crippen molar-refractivity contribution in [1.29, 1.82) is 0 Å². The number of fused-ring (bicyclic) bond motifs is 3. The number of aryl methyl sites for hydroxylation is 1. The highest BCUT2D eigenvalue weighted by Crippen LogP contribution is 2.35. The maximum atomic E-state index is 5.81. The van der Waals surface area contributed by atoms with Gasteiger partial charge in [-0.15, -0.1) is 0 Å². The van der Waals surface area contributed by atoms with Crippen molar-refractivity contribution in [3.8, 4) is 5.75 Å². The first-order valence-corrected chi connectivity index (χ1v) is 12.5. The van der Waals surface area contributed by atoms with Crippen LogP contribution >= 0.6 is 11.8 Å². The van der Waals surface area contributed by atoms with Crippen LogP contribution in [-0.4, -0.2) is 39.6 Å². The Bertz CT molecular complexity index is 949. The molecule has 3 unspecified atom stereocenters. The first-order valence-electron chi connectivity index (χ1n) is 11.6. The topological polar surface area (TPSA) is 52.1 Å². The summed E-state index contributed by atoms with van der Waals surface area (Å²) in [6, 6.07) is 19.8. The zero-order valence-electron chi connectivity index (χ0n) is 18.5. The maximum absolute atomic E-state index is 5.81. The lowest BCUT2D eigenvalue weighted by atomic mass is 10.00. The minimum atomic E-state index is 0.161. The summed E-state index contributed by atoms with van der Waals surface area (Å²) in [5.74, 6) is 1.97. The Labute approximate surface area is 194 Å². The van der Waals surface area contributed by atoms with E-state index in [9.17, 15) is 0 Å². The van der Waals surface area contributed by atoms with Crippen LogP contribution in [0.1, 0.15) is 43.4 Å². The van der Waals surface area contributed by atoms with Gasteiger partial charge in [-0.05, 0) is 42.5 Å². The number of hydrazine groups is 1. The van der Waals surface area contributed by atoms with Crippen LogP contribution in [0.3, 0.4) is 0 Å². The molecule has 1 fully saturated rings. The van der Waals surface area contributed by atoms with Gasteiger partial charge in [-0.2, -0.15) is 5.10 Å². The van der Waals surface area contributed by atoms with Crippen LogP contribution in [0.5, 0.6) is 5.75 Å². The molecular weight excluding hydrogens is 418 g/mol. The third-order valence-corrected chi connectivity index (χ3v) is 7.19. The number of thioether (sulfide) groups is 1. The zero-order chi connectivity index (χ0) is 21.8. The molecule has 0 saturated carbocycles. The van der Waals surface area contributed by atoms with Crippen molar-refractivity contribution in [1.82, 2.24) is 20.8 Å². The van der Waals surface area contributed by atoms with E-state index in [1.54, 1.807) is 0 Å². The van der Waals surface area contributed by atoms with Crippen molar-refractivity contribution in [2.24, 2.45) is 5.10 Å². The molecule has 0 aliphatic carbocycles. The summed E-state index contributed by atoms with van der Waals surface area (Å²) >= 11 is 1.81. The number of ether oxygens (including phenoxy) is 1. The summed E-state index contributed by atoms with van der Waals surface area (Å²) in [7, 11) is 0. The standard InChI is InChI=1S/C25H31N5OS/c1-2-3-16-31-21-11-9-20(10-12-21)22-18-23-24-26-27-25(29(24)14-15-30(23)28-22)32-17-13-19-7-5-4-6-8-19/h4-12,14-15,22-24,26,28H,2-3,13,16-18H2,1H3. The second-order valence-corrected chi connectivity index (χ2v) is 9.48. The number of nitrogens with one attached hydrogen (secondary N) is 2. The molecule has 2 aromatic carbocycles. The Morgan fingerprint density at radius 3 is 2.75 bits per heavy atom. The molecule has 3 atom stereocenters. The minimum Gasteiger partial charge on any atom is -0.494 e. The average Bonchev–Trinajstić information content (AvgIpc) is 3.45. The lowest BCUT2D eigenvalue weighted by Crippen LogP contribution is -2.54. The third-order valence-electron chi connectivity index (χ3n) is 6.22. The van der Waals surface area contributed by atoms with Crippen LogP contribution < -0.4 is 15.6 Å².